The zero-order valence-corrected chi connectivity index (χ0v) is 10.4. The first kappa shape index (κ1) is 12.7. The van der Waals surface area contributed by atoms with Gasteiger partial charge in [0.15, 0.2) is 0 Å². The van der Waals surface area contributed by atoms with E-state index in [0.29, 0.717) is 16.9 Å². The summed E-state index contributed by atoms with van der Waals surface area (Å²) < 4.78 is 0. The number of benzene rings is 2. The lowest BCUT2D eigenvalue weighted by Gasteiger charge is -2.08. The van der Waals surface area contributed by atoms with Crippen molar-refractivity contribution in [3.63, 3.8) is 0 Å². The normalized spacial score (nSPS) is 9.53. The quantitative estimate of drug-likeness (QED) is 0.496. The average molecular weight is 252 g/mol. The van der Waals surface area contributed by atoms with E-state index in [9.17, 15) is 4.79 Å². The maximum absolute atomic E-state index is 12.0. The smallest absolute Gasteiger partial charge is 0.255 e. The van der Waals surface area contributed by atoms with Crippen LogP contribution in [0.15, 0.2) is 53.6 Å². The molecule has 0 aromatic heterocycles. The number of hydrogen-bond donors (Lipinski definition) is 1. The molecule has 2 aromatic rings. The lowest BCUT2D eigenvalue weighted by Crippen LogP contribution is -2.12. The molecule has 0 saturated heterocycles. The summed E-state index contributed by atoms with van der Waals surface area (Å²) in [5, 5.41) is 6.34. The zero-order valence-electron chi connectivity index (χ0n) is 10.4. The maximum atomic E-state index is 12.0. The first-order valence-electron chi connectivity index (χ1n) is 5.73. The molecular formula is C14H12N4O. The number of hydrogen-bond acceptors (Lipinski definition) is 2. The van der Waals surface area contributed by atoms with Gasteiger partial charge in [0.1, 0.15) is 0 Å². The Labute approximate surface area is 110 Å². The predicted molar refractivity (Wildman–Crippen MR) is 74.4 cm³/mol. The molecule has 5 heteroatoms. The summed E-state index contributed by atoms with van der Waals surface area (Å²) in [6, 6.07) is 14.1. The van der Waals surface area contributed by atoms with E-state index in [-0.39, 0.29) is 5.91 Å². The highest BCUT2D eigenvalue weighted by molar-refractivity contribution is 6.04. The van der Waals surface area contributed by atoms with Crippen molar-refractivity contribution in [2.24, 2.45) is 5.11 Å². The standard InChI is InChI=1S/C14H12N4O/c1-10-9-12(17-18-15)7-8-13(10)16-14(19)11-5-3-2-4-6-11/h2-9H,1H3,(H,16,19). The van der Waals surface area contributed by atoms with Crippen LogP contribution >= 0.6 is 0 Å². The molecule has 0 aliphatic heterocycles. The minimum Gasteiger partial charge on any atom is -0.322 e. The average Bonchev–Trinajstić information content (AvgIpc) is 2.43. The number of anilines is 1. The van der Waals surface area contributed by atoms with Gasteiger partial charge < -0.3 is 5.32 Å². The van der Waals surface area contributed by atoms with Gasteiger partial charge in [-0.15, -0.1) is 0 Å². The van der Waals surface area contributed by atoms with Crippen molar-refractivity contribution >= 4 is 17.3 Å². The number of azide groups is 1. The summed E-state index contributed by atoms with van der Waals surface area (Å²) in [6.45, 7) is 1.84. The van der Waals surface area contributed by atoms with Gasteiger partial charge in [-0.3, -0.25) is 4.79 Å². The molecule has 0 fully saturated rings. The number of aryl methyl sites for hydroxylation is 1. The van der Waals surface area contributed by atoms with Gasteiger partial charge >= 0.3 is 0 Å². The van der Waals surface area contributed by atoms with Crippen LogP contribution in [0.5, 0.6) is 0 Å². The van der Waals surface area contributed by atoms with Crippen molar-refractivity contribution in [1.82, 2.24) is 0 Å². The Hall–Kier alpha value is -2.78. The van der Waals surface area contributed by atoms with E-state index >= 15 is 0 Å². The second-order valence-corrected chi connectivity index (χ2v) is 4.01. The second-order valence-electron chi connectivity index (χ2n) is 4.01. The third kappa shape index (κ3) is 3.12. The Bertz CT molecular complexity index is 646. The molecule has 19 heavy (non-hydrogen) atoms. The number of carbonyl (C=O) groups excluding carboxylic acids is 1. The number of nitrogens with one attached hydrogen (secondary N) is 1. The fourth-order valence-corrected chi connectivity index (χ4v) is 1.69. The number of amides is 1. The van der Waals surface area contributed by atoms with Crippen LogP contribution in [0.25, 0.3) is 10.4 Å². The first-order chi connectivity index (χ1) is 9.20. The van der Waals surface area contributed by atoms with Crippen LogP contribution in [0.1, 0.15) is 15.9 Å². The van der Waals surface area contributed by atoms with Crippen LogP contribution in [0, 0.1) is 6.92 Å². The van der Waals surface area contributed by atoms with Crippen molar-refractivity contribution in [1.29, 1.82) is 0 Å². The van der Waals surface area contributed by atoms with E-state index in [0.717, 1.165) is 5.56 Å². The van der Waals surface area contributed by atoms with Gasteiger partial charge in [-0.25, -0.2) is 0 Å². The Morgan fingerprint density at radius 3 is 2.58 bits per heavy atom. The molecule has 0 radical (unpaired) electrons. The fourth-order valence-electron chi connectivity index (χ4n) is 1.69. The first-order valence-corrected chi connectivity index (χ1v) is 5.73. The monoisotopic (exact) mass is 252 g/mol. The van der Waals surface area contributed by atoms with Gasteiger partial charge in [0.25, 0.3) is 5.91 Å². The minimum absolute atomic E-state index is 0.166. The van der Waals surface area contributed by atoms with Crippen molar-refractivity contribution in [3.05, 3.63) is 70.1 Å². The molecule has 5 nitrogen and oxygen atoms in total. The highest BCUT2D eigenvalue weighted by atomic mass is 16.1. The SMILES string of the molecule is Cc1cc(N=[N+]=[N-])ccc1NC(=O)c1ccccc1. The van der Waals surface area contributed by atoms with Crippen LogP contribution in [-0.2, 0) is 0 Å². The summed E-state index contributed by atoms with van der Waals surface area (Å²) in [5.41, 5.74) is 11.0. The van der Waals surface area contributed by atoms with Crippen LogP contribution in [-0.4, -0.2) is 5.91 Å². The Morgan fingerprint density at radius 1 is 1.21 bits per heavy atom. The topological polar surface area (TPSA) is 77.9 Å². The lowest BCUT2D eigenvalue weighted by atomic mass is 10.1. The highest BCUT2D eigenvalue weighted by Gasteiger charge is 2.07. The summed E-state index contributed by atoms with van der Waals surface area (Å²) in [5.74, 6) is -0.166. The molecule has 0 aliphatic carbocycles. The fraction of sp³-hybridized carbons (Fsp3) is 0.0714. The Kier molecular flexibility index (Phi) is 3.81. The van der Waals surface area contributed by atoms with Crippen molar-refractivity contribution < 1.29 is 4.79 Å². The van der Waals surface area contributed by atoms with E-state index in [1.54, 1.807) is 30.3 Å². The van der Waals surface area contributed by atoms with Gasteiger partial charge in [0.05, 0.1) is 0 Å². The van der Waals surface area contributed by atoms with Crippen LogP contribution in [0.3, 0.4) is 0 Å². The van der Waals surface area contributed by atoms with Gasteiger partial charge in [0, 0.05) is 21.8 Å². The summed E-state index contributed by atoms with van der Waals surface area (Å²) in [7, 11) is 0. The molecule has 0 atom stereocenters. The number of nitrogens with zero attached hydrogens (tertiary/aromatic N) is 3. The van der Waals surface area contributed by atoms with E-state index in [2.05, 4.69) is 15.3 Å². The van der Waals surface area contributed by atoms with E-state index in [1.165, 1.54) is 0 Å². The highest BCUT2D eigenvalue weighted by Crippen LogP contribution is 2.22. The molecule has 0 bridgehead atoms. The van der Waals surface area contributed by atoms with Gasteiger partial charge in [0.2, 0.25) is 0 Å². The molecule has 0 heterocycles. The summed E-state index contributed by atoms with van der Waals surface area (Å²) in [6.07, 6.45) is 0. The van der Waals surface area contributed by atoms with Crippen molar-refractivity contribution in [2.75, 3.05) is 5.32 Å². The zero-order chi connectivity index (χ0) is 13.7. The van der Waals surface area contributed by atoms with Crippen LogP contribution < -0.4 is 5.32 Å². The van der Waals surface area contributed by atoms with Gasteiger partial charge in [-0.1, -0.05) is 29.4 Å². The molecule has 1 amide bonds. The molecular weight excluding hydrogens is 240 g/mol. The van der Waals surface area contributed by atoms with E-state index < -0.39 is 0 Å². The van der Waals surface area contributed by atoms with Crippen LogP contribution in [0.4, 0.5) is 11.4 Å². The van der Waals surface area contributed by atoms with Crippen LogP contribution in [0.2, 0.25) is 0 Å². The number of rotatable bonds is 3. The summed E-state index contributed by atoms with van der Waals surface area (Å²) >= 11 is 0. The van der Waals surface area contributed by atoms with E-state index in [4.69, 9.17) is 5.53 Å². The Balaban J connectivity index is 2.20. The van der Waals surface area contributed by atoms with E-state index in [1.807, 2.05) is 25.1 Å². The third-order valence-electron chi connectivity index (χ3n) is 2.65. The second kappa shape index (κ2) is 5.71. The Morgan fingerprint density at radius 2 is 1.95 bits per heavy atom. The predicted octanol–water partition coefficient (Wildman–Crippen LogP) is 4.19. The molecule has 2 aromatic carbocycles. The molecule has 1 N–H and O–H groups in total. The largest absolute Gasteiger partial charge is 0.322 e. The van der Waals surface area contributed by atoms with Gasteiger partial charge in [-0.05, 0) is 42.3 Å². The lowest BCUT2D eigenvalue weighted by molar-refractivity contribution is 0.102. The maximum Gasteiger partial charge on any atom is 0.255 e. The molecule has 0 spiro atoms. The molecule has 0 saturated carbocycles. The molecule has 94 valence electrons. The van der Waals surface area contributed by atoms with Crippen molar-refractivity contribution in [3.8, 4) is 0 Å². The molecule has 0 aliphatic rings. The van der Waals surface area contributed by atoms with Crippen molar-refractivity contribution in [2.45, 2.75) is 6.92 Å². The minimum atomic E-state index is -0.166. The number of carbonyl (C=O) groups is 1. The summed E-state index contributed by atoms with van der Waals surface area (Å²) in [4.78, 5) is 14.7. The molecule has 0 unspecified atom stereocenters. The van der Waals surface area contributed by atoms with Gasteiger partial charge in [-0.2, -0.15) is 0 Å². The molecule has 2 rings (SSSR count). The third-order valence-corrected chi connectivity index (χ3v) is 2.65.